The van der Waals surface area contributed by atoms with Gasteiger partial charge in [0.15, 0.2) is 10.9 Å². The highest BCUT2D eigenvalue weighted by Gasteiger charge is 2.34. The first kappa shape index (κ1) is 15.9. The average molecular weight is 328 g/mol. The first-order valence-electron chi connectivity index (χ1n) is 7.67. The van der Waals surface area contributed by atoms with Gasteiger partial charge in [0.1, 0.15) is 0 Å². The van der Waals surface area contributed by atoms with E-state index in [-0.39, 0.29) is 17.1 Å². The van der Waals surface area contributed by atoms with Crippen molar-refractivity contribution in [2.24, 2.45) is 5.41 Å². The van der Waals surface area contributed by atoms with Crippen molar-refractivity contribution in [1.82, 2.24) is 4.98 Å². The fraction of sp³-hybridized carbons (Fsp3) is 0.389. The summed E-state index contributed by atoms with van der Waals surface area (Å²) in [5.74, 6) is -0.0509. The van der Waals surface area contributed by atoms with Crippen LogP contribution in [0.3, 0.4) is 0 Å². The number of thiazole rings is 1. The van der Waals surface area contributed by atoms with Crippen molar-refractivity contribution in [3.63, 3.8) is 0 Å². The number of Topliss-reactive ketones (excluding diaryl/α,β-unsaturated/α-hetero) is 1. The maximum atomic E-state index is 12.5. The lowest BCUT2D eigenvalue weighted by Gasteiger charge is -2.26. The maximum Gasteiger partial charge on any atom is 0.257 e. The second-order valence-corrected chi connectivity index (χ2v) is 8.01. The first-order chi connectivity index (χ1) is 10.7. The number of fused-ring (bicyclic) bond motifs is 1. The minimum atomic E-state index is -0.177. The molecule has 1 N–H and O–H groups in total. The molecule has 4 nitrogen and oxygen atoms in total. The summed E-state index contributed by atoms with van der Waals surface area (Å²) >= 11 is 1.28. The van der Waals surface area contributed by atoms with Crippen molar-refractivity contribution in [2.45, 2.75) is 40.5 Å². The van der Waals surface area contributed by atoms with Gasteiger partial charge in [0, 0.05) is 12.0 Å². The van der Waals surface area contributed by atoms with E-state index in [0.717, 1.165) is 23.2 Å². The maximum absolute atomic E-state index is 12.5. The van der Waals surface area contributed by atoms with Gasteiger partial charge in [-0.05, 0) is 37.3 Å². The van der Waals surface area contributed by atoms with Crippen molar-refractivity contribution >= 4 is 28.2 Å². The van der Waals surface area contributed by atoms with Crippen LogP contribution in [0.15, 0.2) is 18.2 Å². The molecule has 0 bridgehead atoms. The Kier molecular flexibility index (Phi) is 3.84. The zero-order valence-electron chi connectivity index (χ0n) is 13.8. The smallest absolute Gasteiger partial charge is 0.257 e. The number of nitrogens with zero attached hydrogens (tertiary/aromatic N) is 1. The van der Waals surface area contributed by atoms with E-state index >= 15 is 0 Å². The molecule has 0 unspecified atom stereocenters. The third-order valence-corrected chi connectivity index (χ3v) is 5.15. The van der Waals surface area contributed by atoms with Crippen LogP contribution in [0.4, 0.5) is 5.13 Å². The number of nitrogens with one attached hydrogen (secondary N) is 1. The number of aryl methyl sites for hydroxylation is 2. The lowest BCUT2D eigenvalue weighted by Crippen LogP contribution is -2.26. The van der Waals surface area contributed by atoms with Crippen molar-refractivity contribution in [3.05, 3.63) is 45.5 Å². The molecule has 1 aliphatic rings. The summed E-state index contributed by atoms with van der Waals surface area (Å²) in [4.78, 5) is 29.9. The molecule has 1 amide bonds. The number of amides is 1. The third kappa shape index (κ3) is 3.20. The number of hydrogen-bond acceptors (Lipinski definition) is 4. The van der Waals surface area contributed by atoms with Crippen LogP contribution >= 0.6 is 11.3 Å². The summed E-state index contributed by atoms with van der Waals surface area (Å²) < 4.78 is 0. The molecule has 0 fully saturated rings. The molecule has 1 aromatic heterocycles. The van der Waals surface area contributed by atoms with E-state index in [0.29, 0.717) is 22.0 Å². The Morgan fingerprint density at radius 3 is 2.74 bits per heavy atom. The number of carbonyl (C=O) groups excluding carboxylic acids is 2. The number of hydrogen-bond donors (Lipinski definition) is 1. The second-order valence-electron chi connectivity index (χ2n) is 7.01. The second kappa shape index (κ2) is 5.57. The molecule has 0 saturated heterocycles. The van der Waals surface area contributed by atoms with E-state index < -0.39 is 0 Å². The number of benzene rings is 1. The summed E-state index contributed by atoms with van der Waals surface area (Å²) in [7, 11) is 0. The number of aromatic nitrogens is 1. The normalized spacial score (nSPS) is 16.1. The monoisotopic (exact) mass is 328 g/mol. The largest absolute Gasteiger partial charge is 0.298 e. The Morgan fingerprint density at radius 1 is 1.26 bits per heavy atom. The predicted octanol–water partition coefficient (Wildman–Crippen LogP) is 4.17. The number of carbonyl (C=O) groups is 2. The third-order valence-electron chi connectivity index (χ3n) is 4.09. The molecule has 1 aromatic carbocycles. The lowest BCUT2D eigenvalue weighted by atomic mass is 9.78. The molecule has 2 aromatic rings. The van der Waals surface area contributed by atoms with Gasteiger partial charge >= 0.3 is 0 Å². The van der Waals surface area contributed by atoms with Gasteiger partial charge in [-0.1, -0.05) is 42.9 Å². The van der Waals surface area contributed by atoms with Crippen molar-refractivity contribution in [3.8, 4) is 0 Å². The van der Waals surface area contributed by atoms with Crippen LogP contribution in [0.5, 0.6) is 0 Å². The molecule has 0 aliphatic heterocycles. The first-order valence-corrected chi connectivity index (χ1v) is 8.48. The predicted molar refractivity (Wildman–Crippen MR) is 92.4 cm³/mol. The van der Waals surface area contributed by atoms with Crippen LogP contribution in [0.2, 0.25) is 0 Å². The quantitative estimate of drug-likeness (QED) is 0.900. The Labute approximate surface area is 140 Å². The van der Waals surface area contributed by atoms with Crippen LogP contribution in [-0.4, -0.2) is 16.7 Å². The van der Waals surface area contributed by atoms with Gasteiger partial charge in [-0.2, -0.15) is 0 Å². The topological polar surface area (TPSA) is 59.1 Å². The average Bonchev–Trinajstić information content (AvgIpc) is 2.82. The van der Waals surface area contributed by atoms with Gasteiger partial charge in [-0.15, -0.1) is 0 Å². The van der Waals surface area contributed by atoms with Gasteiger partial charge in [-0.3, -0.25) is 14.9 Å². The molecule has 1 aliphatic carbocycles. The molecule has 0 radical (unpaired) electrons. The summed E-state index contributed by atoms with van der Waals surface area (Å²) in [6.45, 7) is 8.01. The van der Waals surface area contributed by atoms with Crippen molar-refractivity contribution < 1.29 is 9.59 Å². The number of rotatable bonds is 2. The highest BCUT2D eigenvalue weighted by molar-refractivity contribution is 7.17. The summed E-state index contributed by atoms with van der Waals surface area (Å²) in [5, 5.41) is 3.35. The molecule has 1 heterocycles. The molecule has 3 rings (SSSR count). The standard InChI is InChI=1S/C18H20N2O2S/c1-10-5-6-11(2)12(7-10)16(22)20-17-19-13-8-18(3,4)9-14(21)15(13)23-17/h5-7H,8-9H2,1-4H3,(H,19,20,22). The van der Waals surface area contributed by atoms with Gasteiger partial charge in [0.05, 0.1) is 10.6 Å². The zero-order valence-corrected chi connectivity index (χ0v) is 14.6. The Morgan fingerprint density at radius 2 is 2.00 bits per heavy atom. The van der Waals surface area contributed by atoms with E-state index in [4.69, 9.17) is 0 Å². The molecule has 0 atom stereocenters. The van der Waals surface area contributed by atoms with Crippen molar-refractivity contribution in [1.29, 1.82) is 0 Å². The van der Waals surface area contributed by atoms with Crippen molar-refractivity contribution in [2.75, 3.05) is 5.32 Å². The molecule has 120 valence electrons. The van der Waals surface area contributed by atoms with Gasteiger partial charge in [0.25, 0.3) is 5.91 Å². The van der Waals surface area contributed by atoms with E-state index in [9.17, 15) is 9.59 Å². The van der Waals surface area contributed by atoms with Gasteiger partial charge in [0.2, 0.25) is 0 Å². The Balaban J connectivity index is 1.86. The van der Waals surface area contributed by atoms with Crippen LogP contribution in [-0.2, 0) is 6.42 Å². The Hall–Kier alpha value is -2.01. The fourth-order valence-electron chi connectivity index (χ4n) is 2.92. The minimum absolute atomic E-state index is 0.0629. The molecule has 0 spiro atoms. The minimum Gasteiger partial charge on any atom is -0.298 e. The highest BCUT2D eigenvalue weighted by atomic mass is 32.1. The molecular weight excluding hydrogens is 308 g/mol. The van der Waals surface area contributed by atoms with E-state index in [1.807, 2.05) is 32.0 Å². The molecular formula is C18H20N2O2S. The van der Waals surface area contributed by atoms with Crippen LogP contribution in [0.25, 0.3) is 0 Å². The van der Waals surface area contributed by atoms with E-state index in [2.05, 4.69) is 24.1 Å². The highest BCUT2D eigenvalue weighted by Crippen LogP contribution is 2.38. The molecule has 23 heavy (non-hydrogen) atoms. The Bertz CT molecular complexity index is 805. The molecule has 5 heteroatoms. The van der Waals surface area contributed by atoms with Crippen LogP contribution in [0, 0.1) is 19.3 Å². The van der Waals surface area contributed by atoms with Gasteiger partial charge < -0.3 is 0 Å². The fourth-order valence-corrected chi connectivity index (χ4v) is 3.83. The number of ketones is 1. The van der Waals surface area contributed by atoms with Crippen LogP contribution < -0.4 is 5.32 Å². The summed E-state index contributed by atoms with van der Waals surface area (Å²) in [6, 6.07) is 5.78. The summed E-state index contributed by atoms with van der Waals surface area (Å²) in [6.07, 6.45) is 1.30. The van der Waals surface area contributed by atoms with E-state index in [1.54, 1.807) is 0 Å². The lowest BCUT2D eigenvalue weighted by molar-refractivity contribution is 0.0915. The zero-order chi connectivity index (χ0) is 16.8. The van der Waals surface area contributed by atoms with Crippen LogP contribution in [0.1, 0.15) is 57.1 Å². The SMILES string of the molecule is Cc1ccc(C)c(C(=O)Nc2nc3c(s2)C(=O)CC(C)(C)C3)c1. The van der Waals surface area contributed by atoms with Gasteiger partial charge in [-0.25, -0.2) is 4.98 Å². The molecule has 0 saturated carbocycles. The van der Waals surface area contributed by atoms with E-state index in [1.165, 1.54) is 11.3 Å². The number of anilines is 1. The summed E-state index contributed by atoms with van der Waals surface area (Å²) in [5.41, 5.74) is 3.35.